The zero-order valence-electron chi connectivity index (χ0n) is 18.9. The monoisotopic (exact) mass is 434 g/mol. The van der Waals surface area contributed by atoms with Crippen LogP contribution in [0.1, 0.15) is 67.1 Å². The number of fused-ring (bicyclic) bond motifs is 2. The summed E-state index contributed by atoms with van der Waals surface area (Å²) in [5.74, 6) is 0.822. The van der Waals surface area contributed by atoms with Gasteiger partial charge < -0.3 is 16.0 Å². The average molecular weight is 435 g/mol. The van der Waals surface area contributed by atoms with E-state index in [9.17, 15) is 4.79 Å². The zero-order chi connectivity index (χ0) is 22.3. The molecule has 0 fully saturated rings. The molecule has 1 atom stereocenters. The van der Waals surface area contributed by atoms with Crippen molar-refractivity contribution in [2.75, 3.05) is 19.6 Å². The Morgan fingerprint density at radius 1 is 1.38 bits per heavy atom. The highest BCUT2D eigenvalue weighted by Gasteiger charge is 2.28. The van der Waals surface area contributed by atoms with Crippen LogP contribution in [0.5, 0.6) is 0 Å². The number of nitrogens with one attached hydrogen (secondary N) is 2. The van der Waals surface area contributed by atoms with Crippen LogP contribution in [0.15, 0.2) is 36.6 Å². The lowest BCUT2D eigenvalue weighted by molar-refractivity contribution is -0.115. The van der Waals surface area contributed by atoms with Gasteiger partial charge in [-0.1, -0.05) is 25.1 Å². The second kappa shape index (κ2) is 10.7. The minimum atomic E-state index is -0.0781. The SMILES string of the molecule is CCN(Cc1nc2c([nH]1)CC=CC=C2C(=O)NCCCCN)C1CCCc2cccnc21. The zero-order valence-corrected chi connectivity index (χ0v) is 18.9. The minimum Gasteiger partial charge on any atom is -0.352 e. The van der Waals surface area contributed by atoms with Crippen LogP contribution < -0.4 is 11.1 Å². The molecule has 4 N–H and O–H groups in total. The predicted molar refractivity (Wildman–Crippen MR) is 127 cm³/mol. The first-order valence-corrected chi connectivity index (χ1v) is 11.8. The van der Waals surface area contributed by atoms with Crippen molar-refractivity contribution in [1.29, 1.82) is 0 Å². The minimum absolute atomic E-state index is 0.0781. The average Bonchev–Trinajstić information content (AvgIpc) is 3.11. The number of hydrogen-bond donors (Lipinski definition) is 3. The number of rotatable bonds is 9. The highest BCUT2D eigenvalue weighted by atomic mass is 16.1. The van der Waals surface area contributed by atoms with Gasteiger partial charge in [-0.2, -0.15) is 0 Å². The van der Waals surface area contributed by atoms with Crippen molar-refractivity contribution in [2.24, 2.45) is 5.73 Å². The van der Waals surface area contributed by atoms with Crippen molar-refractivity contribution in [2.45, 2.75) is 58.0 Å². The van der Waals surface area contributed by atoms with E-state index in [0.29, 0.717) is 31.2 Å². The summed E-state index contributed by atoms with van der Waals surface area (Å²) in [5.41, 5.74) is 10.5. The maximum absolute atomic E-state index is 12.8. The van der Waals surface area contributed by atoms with Gasteiger partial charge in [0.1, 0.15) is 5.82 Å². The van der Waals surface area contributed by atoms with Gasteiger partial charge in [0.15, 0.2) is 0 Å². The van der Waals surface area contributed by atoms with Crippen molar-refractivity contribution in [3.8, 4) is 0 Å². The smallest absolute Gasteiger partial charge is 0.253 e. The number of amides is 1. The van der Waals surface area contributed by atoms with Crippen LogP contribution in [0, 0.1) is 0 Å². The number of carbonyl (C=O) groups excluding carboxylic acids is 1. The molecule has 2 aromatic heterocycles. The number of imidazole rings is 1. The first kappa shape index (κ1) is 22.4. The molecule has 0 spiro atoms. The van der Waals surface area contributed by atoms with Crippen LogP contribution in [0.4, 0.5) is 0 Å². The molecule has 32 heavy (non-hydrogen) atoms. The number of nitrogens with zero attached hydrogens (tertiary/aromatic N) is 3. The van der Waals surface area contributed by atoms with E-state index < -0.39 is 0 Å². The third-order valence-electron chi connectivity index (χ3n) is 6.33. The summed E-state index contributed by atoms with van der Waals surface area (Å²) in [6.07, 6.45) is 13.7. The Kier molecular flexibility index (Phi) is 7.50. The molecule has 2 aliphatic carbocycles. The van der Waals surface area contributed by atoms with E-state index in [2.05, 4.69) is 34.3 Å². The Morgan fingerprint density at radius 2 is 2.28 bits per heavy atom. The largest absolute Gasteiger partial charge is 0.352 e. The fraction of sp³-hybridized carbons (Fsp3) is 0.480. The lowest BCUT2D eigenvalue weighted by atomic mass is 9.91. The maximum atomic E-state index is 12.8. The molecular formula is C25H34N6O. The summed E-state index contributed by atoms with van der Waals surface area (Å²) in [7, 11) is 0. The molecular weight excluding hydrogens is 400 g/mol. The maximum Gasteiger partial charge on any atom is 0.253 e. The number of aromatic nitrogens is 3. The third kappa shape index (κ3) is 5.00. The molecule has 4 rings (SSSR count). The Labute approximate surface area is 190 Å². The number of carbonyl (C=O) groups is 1. The van der Waals surface area contributed by atoms with Crippen molar-refractivity contribution in [3.05, 3.63) is 65.0 Å². The lowest BCUT2D eigenvalue weighted by Gasteiger charge is -2.33. The van der Waals surface area contributed by atoms with Gasteiger partial charge in [-0.25, -0.2) is 4.98 Å². The van der Waals surface area contributed by atoms with Crippen LogP contribution >= 0.6 is 0 Å². The number of H-pyrrole nitrogens is 1. The summed E-state index contributed by atoms with van der Waals surface area (Å²) in [4.78, 5) is 28.4. The van der Waals surface area contributed by atoms with E-state index in [1.807, 2.05) is 24.4 Å². The van der Waals surface area contributed by atoms with E-state index >= 15 is 0 Å². The second-order valence-electron chi connectivity index (χ2n) is 8.49. The molecule has 2 aliphatic rings. The quantitative estimate of drug-likeness (QED) is 0.527. The molecule has 1 amide bonds. The Bertz CT molecular complexity index is 992. The van der Waals surface area contributed by atoms with Crippen molar-refractivity contribution in [3.63, 3.8) is 0 Å². The summed E-state index contributed by atoms with van der Waals surface area (Å²) < 4.78 is 0. The van der Waals surface area contributed by atoms with Gasteiger partial charge in [0.05, 0.1) is 29.5 Å². The van der Waals surface area contributed by atoms with Crippen molar-refractivity contribution < 1.29 is 4.79 Å². The van der Waals surface area contributed by atoms with E-state index in [4.69, 9.17) is 15.7 Å². The summed E-state index contributed by atoms with van der Waals surface area (Å²) in [6.45, 7) is 5.08. The van der Waals surface area contributed by atoms with Gasteiger partial charge in [-0.05, 0) is 62.9 Å². The molecule has 1 unspecified atom stereocenters. The molecule has 7 heteroatoms. The third-order valence-corrected chi connectivity index (χ3v) is 6.33. The normalized spacial score (nSPS) is 17.5. The van der Waals surface area contributed by atoms with E-state index in [1.54, 1.807) is 0 Å². The molecule has 7 nitrogen and oxygen atoms in total. The second-order valence-corrected chi connectivity index (χ2v) is 8.49. The number of hydrogen-bond acceptors (Lipinski definition) is 5. The van der Waals surface area contributed by atoms with Gasteiger partial charge >= 0.3 is 0 Å². The molecule has 0 bridgehead atoms. The number of nitrogens with two attached hydrogens (primary N) is 1. The lowest BCUT2D eigenvalue weighted by Crippen LogP contribution is -2.32. The molecule has 2 aromatic rings. The number of aromatic amines is 1. The fourth-order valence-corrected chi connectivity index (χ4v) is 4.66. The molecule has 2 heterocycles. The van der Waals surface area contributed by atoms with Gasteiger partial charge in [0.2, 0.25) is 0 Å². The van der Waals surface area contributed by atoms with Gasteiger partial charge in [0, 0.05) is 24.9 Å². The van der Waals surface area contributed by atoms with Crippen LogP contribution in [0.3, 0.4) is 0 Å². The Hall–Kier alpha value is -2.77. The molecule has 170 valence electrons. The first-order chi connectivity index (χ1) is 15.7. The topological polar surface area (TPSA) is 99.9 Å². The van der Waals surface area contributed by atoms with Crippen LogP contribution in [-0.2, 0) is 24.2 Å². The van der Waals surface area contributed by atoms with Crippen LogP contribution in [0.2, 0.25) is 0 Å². The van der Waals surface area contributed by atoms with Gasteiger partial charge in [-0.15, -0.1) is 0 Å². The summed E-state index contributed by atoms with van der Waals surface area (Å²) in [5, 5.41) is 3.01. The van der Waals surface area contributed by atoms with Crippen molar-refractivity contribution in [1.82, 2.24) is 25.2 Å². The van der Waals surface area contributed by atoms with E-state index in [1.165, 1.54) is 17.7 Å². The Balaban J connectivity index is 1.51. The molecule has 0 saturated carbocycles. The molecule has 0 aromatic carbocycles. The molecule has 0 aliphatic heterocycles. The standard InChI is InChI=1S/C25H34N6O/c1-2-31(21-13-7-9-18-10-8-16-27-23(18)21)17-22-29-20-12-4-3-11-19(24(20)30-22)25(32)28-15-6-5-14-26/h3-4,8,10-11,16,21H,2,5-7,9,12-15,17,26H2,1H3,(H,28,32)(H,29,30). The number of aryl methyl sites for hydroxylation is 1. The van der Waals surface area contributed by atoms with Crippen molar-refractivity contribution >= 4 is 11.5 Å². The number of allylic oxidation sites excluding steroid dienone is 3. The van der Waals surface area contributed by atoms with Crippen LogP contribution in [0.25, 0.3) is 5.57 Å². The number of pyridine rings is 1. The Morgan fingerprint density at radius 3 is 3.12 bits per heavy atom. The van der Waals surface area contributed by atoms with Gasteiger partial charge in [0.25, 0.3) is 5.91 Å². The van der Waals surface area contributed by atoms with Gasteiger partial charge in [-0.3, -0.25) is 14.7 Å². The number of unbranched alkanes of at least 4 members (excludes halogenated alkanes) is 1. The van der Waals surface area contributed by atoms with Crippen LogP contribution in [-0.4, -0.2) is 45.4 Å². The highest BCUT2D eigenvalue weighted by molar-refractivity contribution is 6.19. The highest BCUT2D eigenvalue weighted by Crippen LogP contribution is 2.33. The molecule has 0 saturated heterocycles. The van der Waals surface area contributed by atoms with E-state index in [0.717, 1.165) is 55.9 Å². The summed E-state index contributed by atoms with van der Waals surface area (Å²) in [6, 6.07) is 4.53. The van der Waals surface area contributed by atoms with E-state index in [-0.39, 0.29) is 5.91 Å². The predicted octanol–water partition coefficient (Wildman–Crippen LogP) is 3.06. The summed E-state index contributed by atoms with van der Waals surface area (Å²) >= 11 is 0. The molecule has 0 radical (unpaired) electrons. The fourth-order valence-electron chi connectivity index (χ4n) is 4.66. The first-order valence-electron chi connectivity index (χ1n) is 11.8.